The highest BCUT2D eigenvalue weighted by molar-refractivity contribution is 7.21. The number of rotatable bonds is 10. The normalized spacial score (nSPS) is 20.6. The molecule has 3 aliphatic carbocycles. The Hall–Kier alpha value is -6.16. The lowest BCUT2D eigenvalue weighted by Crippen LogP contribution is -2.41. The van der Waals surface area contributed by atoms with E-state index < -0.39 is 0 Å². The molecule has 0 fully saturated rings. The second-order valence-electron chi connectivity index (χ2n) is 18.0. The molecule has 5 nitrogen and oxygen atoms in total. The van der Waals surface area contributed by atoms with Gasteiger partial charge < -0.3 is 4.74 Å². The Balaban J connectivity index is 1.09. The van der Waals surface area contributed by atoms with E-state index in [1.165, 1.54) is 70.6 Å². The highest BCUT2D eigenvalue weighted by Gasteiger charge is 2.41. The molecule has 63 heavy (non-hydrogen) atoms. The molecule has 314 valence electrons. The maximum atomic E-state index is 13.4. The number of carbonyl (C=O) groups excluding carboxylic acids is 1. The van der Waals surface area contributed by atoms with Crippen molar-refractivity contribution < 1.29 is 23.2 Å². The van der Waals surface area contributed by atoms with Gasteiger partial charge in [0.05, 0.1) is 11.8 Å². The van der Waals surface area contributed by atoms with E-state index >= 15 is 0 Å². The molecule has 5 aromatic rings. The number of allylic oxidation sites excluding steroid dienone is 8. The van der Waals surface area contributed by atoms with E-state index in [1.807, 2.05) is 42.8 Å². The molecule has 0 N–H and O–H groups in total. The van der Waals surface area contributed by atoms with Gasteiger partial charge in [0.1, 0.15) is 32.1 Å². The SMILES string of the molecule is CC1=CC=CC(CC[N+]2=C(c3sc4ccccc4c3C=COC(=O)c3cccc[n+]3C)c3c(C)cc4cccc(CC5=CCCC=C5)c4c3CC2)C1C1CC2=C(C=[N+]1C)CCC#C2. The number of hydrogen-bond acceptors (Lipinski definition) is 3. The quantitative estimate of drug-likeness (QED) is 0.0608. The fourth-order valence-corrected chi connectivity index (χ4v) is 12.2. The van der Waals surface area contributed by atoms with Crippen molar-refractivity contribution in [3.63, 3.8) is 0 Å². The first-order chi connectivity index (χ1) is 30.8. The van der Waals surface area contributed by atoms with Gasteiger partial charge in [-0.05, 0) is 96.7 Å². The summed E-state index contributed by atoms with van der Waals surface area (Å²) in [6.45, 7) is 6.50. The molecule has 3 atom stereocenters. The van der Waals surface area contributed by atoms with Gasteiger partial charge in [-0.2, -0.15) is 4.57 Å². The van der Waals surface area contributed by atoms with Crippen LogP contribution in [0.2, 0.25) is 0 Å². The number of nitrogens with zero attached hydrogens (tertiary/aromatic N) is 3. The Kier molecular flexibility index (Phi) is 11.4. The molecule has 10 rings (SSSR count). The molecule has 3 aromatic carbocycles. The number of aryl methyl sites for hydroxylation is 2. The first kappa shape index (κ1) is 40.9. The number of thiophene rings is 1. The Bertz CT molecular complexity index is 3020. The minimum Gasteiger partial charge on any atom is -0.426 e. The van der Waals surface area contributed by atoms with E-state index in [9.17, 15) is 4.79 Å². The number of fused-ring (bicyclic) bond motifs is 4. The van der Waals surface area contributed by atoms with Crippen LogP contribution in [0.25, 0.3) is 26.9 Å². The van der Waals surface area contributed by atoms with Gasteiger partial charge in [-0.25, -0.2) is 13.9 Å². The van der Waals surface area contributed by atoms with Crippen LogP contribution in [0.3, 0.4) is 0 Å². The minimum absolute atomic E-state index is 0.370. The van der Waals surface area contributed by atoms with Crippen molar-refractivity contribution in [1.29, 1.82) is 0 Å². The van der Waals surface area contributed by atoms with Crippen molar-refractivity contribution >= 4 is 56.2 Å². The summed E-state index contributed by atoms with van der Waals surface area (Å²) >= 11 is 1.85. The summed E-state index contributed by atoms with van der Waals surface area (Å²) in [6.07, 6.45) is 30.3. The number of pyridine rings is 1. The molecule has 0 radical (unpaired) electrons. The number of aromatic nitrogens is 1. The first-order valence-corrected chi connectivity index (χ1v) is 23.6. The molecule has 2 aromatic heterocycles. The smallest absolute Gasteiger partial charge is 0.408 e. The minimum atomic E-state index is -0.380. The number of esters is 1. The van der Waals surface area contributed by atoms with Gasteiger partial charge in [-0.3, -0.25) is 0 Å². The zero-order chi connectivity index (χ0) is 43.0. The Labute approximate surface area is 376 Å². The van der Waals surface area contributed by atoms with E-state index in [1.54, 1.807) is 16.9 Å². The highest BCUT2D eigenvalue weighted by atomic mass is 32.1. The van der Waals surface area contributed by atoms with Crippen LogP contribution in [0.1, 0.15) is 88.6 Å². The van der Waals surface area contributed by atoms with Crippen LogP contribution in [0.5, 0.6) is 0 Å². The average molecular weight is 847 g/mol. The average Bonchev–Trinajstić information content (AvgIpc) is 3.66. The molecule has 0 bridgehead atoms. The summed E-state index contributed by atoms with van der Waals surface area (Å²) in [5.41, 5.74) is 14.0. The molecular weight excluding hydrogens is 791 g/mol. The molecule has 6 heteroatoms. The summed E-state index contributed by atoms with van der Waals surface area (Å²) < 4.78 is 14.1. The van der Waals surface area contributed by atoms with Gasteiger partial charge >= 0.3 is 5.97 Å². The van der Waals surface area contributed by atoms with Crippen molar-refractivity contribution in [2.24, 2.45) is 18.9 Å². The molecule has 3 unspecified atom stereocenters. The van der Waals surface area contributed by atoms with Crippen LogP contribution >= 0.6 is 11.3 Å². The maximum absolute atomic E-state index is 13.4. The predicted octanol–water partition coefficient (Wildman–Crippen LogP) is 11.0. The number of benzene rings is 3. The molecule has 4 heterocycles. The fourth-order valence-electron chi connectivity index (χ4n) is 11.0. The van der Waals surface area contributed by atoms with E-state index in [4.69, 9.17) is 4.74 Å². The Morgan fingerprint density at radius 1 is 1.02 bits per heavy atom. The molecule has 0 saturated carbocycles. The molecule has 2 aliphatic heterocycles. The van der Waals surface area contributed by atoms with Gasteiger partial charge in [0.15, 0.2) is 18.5 Å². The third kappa shape index (κ3) is 7.93. The van der Waals surface area contributed by atoms with E-state index in [-0.39, 0.29) is 5.97 Å². The standard InChI is InChI=1S/C57H56N3O2S/c1-38-16-14-21-41(52(38)50-36-42-19-8-9-20-45(42)37-59(50)4)27-31-60-32-28-48-53(39(2)34-43-22-15-23-44(54(43)48)35-40-17-6-5-7-18-40)55(60)56-47(46-24-10-11-26-51(46)63-56)29-33-62-57(61)49-25-12-13-30-58(49)3/h6,10-18,21-26,29-30,33-34,37,41,50,52H,5,7,9,20,27-28,31-32,35-36H2,1-4H3/q+3. The predicted molar refractivity (Wildman–Crippen MR) is 259 cm³/mol. The van der Waals surface area contributed by atoms with Crippen molar-refractivity contribution in [3.8, 4) is 11.8 Å². The van der Waals surface area contributed by atoms with E-state index in [2.05, 4.69) is 133 Å². The third-order valence-corrected chi connectivity index (χ3v) is 15.2. The fraction of sp³-hybridized carbons (Fsp3) is 0.298. The number of carbonyl (C=O) groups is 1. The van der Waals surface area contributed by atoms with Gasteiger partial charge in [0, 0.05) is 70.5 Å². The molecule has 0 amide bonds. The number of hydrogen-bond donors (Lipinski definition) is 0. The van der Waals surface area contributed by atoms with E-state index in [0.29, 0.717) is 23.6 Å². The number of ether oxygens (including phenoxy) is 1. The van der Waals surface area contributed by atoms with Crippen LogP contribution in [0.4, 0.5) is 0 Å². The maximum Gasteiger partial charge on any atom is 0.408 e. The Morgan fingerprint density at radius 2 is 1.90 bits per heavy atom. The van der Waals surface area contributed by atoms with Gasteiger partial charge in [-0.1, -0.05) is 96.3 Å². The van der Waals surface area contributed by atoms with Crippen molar-refractivity contribution in [3.05, 3.63) is 176 Å². The first-order valence-electron chi connectivity index (χ1n) is 22.8. The lowest BCUT2D eigenvalue weighted by Gasteiger charge is -2.34. The summed E-state index contributed by atoms with van der Waals surface area (Å²) in [5.74, 6) is 7.34. The van der Waals surface area contributed by atoms with Crippen molar-refractivity contribution in [2.45, 2.75) is 71.3 Å². The second-order valence-corrected chi connectivity index (χ2v) is 19.0. The topological polar surface area (TPSA) is 36.2 Å². The lowest BCUT2D eigenvalue weighted by atomic mass is 9.73. The van der Waals surface area contributed by atoms with Crippen LogP contribution in [-0.2, 0) is 24.6 Å². The summed E-state index contributed by atoms with van der Waals surface area (Å²) in [7, 11) is 4.15. The van der Waals surface area contributed by atoms with Gasteiger partial charge in [0.2, 0.25) is 5.71 Å². The molecule has 0 spiro atoms. The summed E-state index contributed by atoms with van der Waals surface area (Å²) in [5, 5.41) is 3.89. The molecule has 5 aliphatic rings. The lowest BCUT2D eigenvalue weighted by molar-refractivity contribution is -0.674. The zero-order valence-electron chi connectivity index (χ0n) is 37.0. The van der Waals surface area contributed by atoms with Gasteiger partial charge in [-0.15, -0.1) is 11.3 Å². The second kappa shape index (κ2) is 17.5. The molecular formula is C57H56N3O2S+3. The molecule has 0 saturated heterocycles. The monoisotopic (exact) mass is 846 g/mol. The van der Waals surface area contributed by atoms with Gasteiger partial charge in [0.25, 0.3) is 5.69 Å². The summed E-state index contributed by atoms with van der Waals surface area (Å²) in [4.78, 5) is 14.6. The van der Waals surface area contributed by atoms with Crippen molar-refractivity contribution in [1.82, 2.24) is 0 Å². The highest BCUT2D eigenvalue weighted by Crippen LogP contribution is 2.41. The third-order valence-electron chi connectivity index (χ3n) is 14.0. The van der Waals surface area contributed by atoms with Crippen LogP contribution in [-0.4, -0.2) is 53.2 Å². The summed E-state index contributed by atoms with van der Waals surface area (Å²) in [6, 6.07) is 24.0. The van der Waals surface area contributed by atoms with Crippen molar-refractivity contribution in [2.75, 3.05) is 20.1 Å². The van der Waals surface area contributed by atoms with E-state index in [0.717, 1.165) is 75.4 Å². The van der Waals surface area contributed by atoms with Crippen LogP contribution in [0, 0.1) is 30.6 Å². The largest absolute Gasteiger partial charge is 0.426 e. The Morgan fingerprint density at radius 3 is 2.78 bits per heavy atom. The van der Waals surface area contributed by atoms with Crippen LogP contribution < -0.4 is 4.57 Å². The van der Waals surface area contributed by atoms with Crippen LogP contribution in [0.15, 0.2) is 138 Å². The zero-order valence-corrected chi connectivity index (χ0v) is 37.8.